The van der Waals surface area contributed by atoms with E-state index in [1.165, 1.54) is 41.8 Å². The third kappa shape index (κ3) is 5.73. The molecule has 0 radical (unpaired) electrons. The highest BCUT2D eigenvalue weighted by atomic mass is 32.2. The van der Waals surface area contributed by atoms with Crippen LogP contribution >= 0.6 is 23.5 Å². The summed E-state index contributed by atoms with van der Waals surface area (Å²) in [5, 5.41) is 8.83. The van der Waals surface area contributed by atoms with Crippen molar-refractivity contribution < 1.29 is 14.6 Å². The number of carboxylic acids is 1. The Balaban J connectivity index is 1.99. The van der Waals surface area contributed by atoms with Crippen LogP contribution in [0.1, 0.15) is 26.2 Å². The number of thioether (sulfide) groups is 2. The first-order valence-electron chi connectivity index (χ1n) is 9.86. The number of carbonyl (C=O) groups is 1. The molecule has 3 rings (SSSR count). The number of anilines is 2. The monoisotopic (exact) mass is 429 g/mol. The molecule has 1 aliphatic heterocycles. The summed E-state index contributed by atoms with van der Waals surface area (Å²) in [5.41, 5.74) is 2.39. The zero-order chi connectivity index (χ0) is 20.6. The highest BCUT2D eigenvalue weighted by Crippen LogP contribution is 2.45. The van der Waals surface area contributed by atoms with Crippen molar-refractivity contribution in [2.24, 2.45) is 5.92 Å². The van der Waals surface area contributed by atoms with Crippen LogP contribution in [0.3, 0.4) is 0 Å². The van der Waals surface area contributed by atoms with Gasteiger partial charge in [0.1, 0.15) is 5.75 Å². The van der Waals surface area contributed by atoms with E-state index < -0.39 is 5.97 Å². The van der Waals surface area contributed by atoms with E-state index in [2.05, 4.69) is 48.2 Å². The van der Waals surface area contributed by atoms with E-state index in [1.807, 2.05) is 24.1 Å². The van der Waals surface area contributed by atoms with E-state index in [1.54, 1.807) is 11.8 Å². The van der Waals surface area contributed by atoms with Gasteiger partial charge in [-0.2, -0.15) is 0 Å². The number of nitrogens with zero attached hydrogens (tertiary/aromatic N) is 1. The summed E-state index contributed by atoms with van der Waals surface area (Å²) in [6.45, 7) is 3.24. The minimum atomic E-state index is -1.02. The lowest BCUT2D eigenvalue weighted by molar-refractivity contribution is -0.131. The maximum absolute atomic E-state index is 10.8. The number of rotatable bonds is 8. The summed E-state index contributed by atoms with van der Waals surface area (Å²) in [6.07, 6.45) is 7.94. The molecule has 154 valence electrons. The van der Waals surface area contributed by atoms with Gasteiger partial charge in [-0.1, -0.05) is 38.0 Å². The number of ether oxygens (including phenoxy) is 1. The molecule has 0 fully saturated rings. The molecule has 1 aliphatic rings. The maximum atomic E-state index is 10.8. The van der Waals surface area contributed by atoms with Crippen LogP contribution < -0.4 is 9.64 Å². The molecule has 0 saturated carbocycles. The SMILES string of the molecule is CCCCC1CSc2cc(O/C=C/C(=O)O)c(SC)cc2N(c2ccccc2)C1. The fourth-order valence-corrected chi connectivity index (χ4v) is 5.14. The minimum absolute atomic E-state index is 0.613. The smallest absolute Gasteiger partial charge is 0.331 e. The van der Waals surface area contributed by atoms with Crippen LogP contribution in [-0.2, 0) is 4.79 Å². The van der Waals surface area contributed by atoms with Crippen molar-refractivity contribution in [3.05, 3.63) is 54.8 Å². The van der Waals surface area contributed by atoms with Crippen LogP contribution in [0.25, 0.3) is 0 Å². The van der Waals surface area contributed by atoms with Crippen molar-refractivity contribution in [1.82, 2.24) is 0 Å². The van der Waals surface area contributed by atoms with Crippen molar-refractivity contribution in [2.75, 3.05) is 23.5 Å². The number of hydrogen-bond acceptors (Lipinski definition) is 5. The largest absolute Gasteiger partial charge is 0.478 e. The molecule has 0 aromatic heterocycles. The Morgan fingerprint density at radius 2 is 2.14 bits per heavy atom. The molecule has 2 aromatic carbocycles. The number of benzene rings is 2. The van der Waals surface area contributed by atoms with Gasteiger partial charge in [-0.15, -0.1) is 23.5 Å². The second kappa shape index (κ2) is 10.6. The molecule has 0 spiro atoms. The zero-order valence-corrected chi connectivity index (χ0v) is 18.5. The van der Waals surface area contributed by atoms with Gasteiger partial charge in [0.05, 0.1) is 22.9 Å². The lowest BCUT2D eigenvalue weighted by atomic mass is 10.0. The highest BCUT2D eigenvalue weighted by molar-refractivity contribution is 7.99. The minimum Gasteiger partial charge on any atom is -0.478 e. The van der Waals surface area contributed by atoms with Gasteiger partial charge >= 0.3 is 5.97 Å². The predicted octanol–water partition coefficient (Wildman–Crippen LogP) is 6.44. The summed E-state index contributed by atoms with van der Waals surface area (Å²) < 4.78 is 5.66. The van der Waals surface area contributed by atoms with Gasteiger partial charge in [0.25, 0.3) is 0 Å². The van der Waals surface area contributed by atoms with Gasteiger partial charge in [0.15, 0.2) is 0 Å². The first kappa shape index (κ1) is 21.7. The Morgan fingerprint density at radius 3 is 2.83 bits per heavy atom. The van der Waals surface area contributed by atoms with Crippen molar-refractivity contribution >= 4 is 40.9 Å². The molecule has 4 nitrogen and oxygen atoms in total. The Morgan fingerprint density at radius 1 is 1.34 bits per heavy atom. The van der Waals surface area contributed by atoms with Gasteiger partial charge in [-0.05, 0) is 42.9 Å². The van der Waals surface area contributed by atoms with Crippen molar-refractivity contribution in [1.29, 1.82) is 0 Å². The van der Waals surface area contributed by atoms with Crippen LogP contribution in [0.15, 0.2) is 64.6 Å². The van der Waals surface area contributed by atoms with E-state index in [0.717, 1.165) is 23.3 Å². The number of fused-ring (bicyclic) bond motifs is 1. The molecule has 29 heavy (non-hydrogen) atoms. The molecule has 6 heteroatoms. The summed E-state index contributed by atoms with van der Waals surface area (Å²) >= 11 is 3.47. The molecular formula is C23H27NO3S2. The molecule has 1 atom stereocenters. The van der Waals surface area contributed by atoms with Crippen LogP contribution in [0.4, 0.5) is 11.4 Å². The molecule has 1 N–H and O–H groups in total. The molecule has 0 aliphatic carbocycles. The molecule has 0 amide bonds. The predicted molar refractivity (Wildman–Crippen MR) is 123 cm³/mol. The van der Waals surface area contributed by atoms with E-state index in [-0.39, 0.29) is 0 Å². The van der Waals surface area contributed by atoms with E-state index in [9.17, 15) is 4.79 Å². The first-order valence-corrected chi connectivity index (χ1v) is 12.1. The van der Waals surface area contributed by atoms with Gasteiger partial charge < -0.3 is 14.7 Å². The summed E-state index contributed by atoms with van der Waals surface area (Å²) in [5.74, 6) is 1.36. The summed E-state index contributed by atoms with van der Waals surface area (Å²) in [4.78, 5) is 15.3. The van der Waals surface area contributed by atoms with Crippen molar-refractivity contribution in [3.8, 4) is 5.75 Å². The molecule has 2 aromatic rings. The molecule has 1 unspecified atom stereocenters. The van der Waals surface area contributed by atoms with E-state index in [0.29, 0.717) is 11.7 Å². The van der Waals surface area contributed by atoms with Gasteiger partial charge in [0, 0.05) is 22.9 Å². The normalized spacial score (nSPS) is 16.5. The second-order valence-corrected chi connectivity index (χ2v) is 8.90. The Kier molecular flexibility index (Phi) is 7.95. The Bertz CT molecular complexity index is 855. The van der Waals surface area contributed by atoms with Gasteiger partial charge in [-0.3, -0.25) is 0 Å². The average Bonchev–Trinajstić information content (AvgIpc) is 2.91. The topological polar surface area (TPSA) is 49.8 Å². The fourth-order valence-electron chi connectivity index (χ4n) is 3.41. The van der Waals surface area contributed by atoms with Gasteiger partial charge in [-0.25, -0.2) is 4.79 Å². The Hall–Kier alpha value is -2.05. The molecule has 1 heterocycles. The van der Waals surface area contributed by atoms with Crippen molar-refractivity contribution in [3.63, 3.8) is 0 Å². The molecule has 0 saturated heterocycles. The molecule has 0 bridgehead atoms. The number of carboxylic acid groups (broad SMARTS) is 1. The average molecular weight is 430 g/mol. The van der Waals surface area contributed by atoms with Crippen LogP contribution in [-0.4, -0.2) is 29.6 Å². The van der Waals surface area contributed by atoms with E-state index >= 15 is 0 Å². The quantitative estimate of drug-likeness (QED) is 0.296. The van der Waals surface area contributed by atoms with Crippen LogP contribution in [0.5, 0.6) is 5.75 Å². The van der Waals surface area contributed by atoms with Crippen LogP contribution in [0.2, 0.25) is 0 Å². The maximum Gasteiger partial charge on any atom is 0.331 e. The van der Waals surface area contributed by atoms with Crippen LogP contribution in [0, 0.1) is 5.92 Å². The number of para-hydroxylation sites is 1. The highest BCUT2D eigenvalue weighted by Gasteiger charge is 2.25. The Labute approximate surface area is 181 Å². The number of unbranched alkanes of at least 4 members (excludes halogenated alkanes) is 1. The standard InChI is InChI=1S/C23H27NO3S2/c1-3-4-8-17-15-24(18-9-6-5-7-10-18)19-13-22(28-2)20(14-21(19)29-16-17)27-12-11-23(25)26/h5-7,9-14,17H,3-4,8,15-16H2,1-2H3,(H,25,26)/b12-11+. The zero-order valence-electron chi connectivity index (χ0n) is 16.8. The summed E-state index contributed by atoms with van der Waals surface area (Å²) in [7, 11) is 0. The van der Waals surface area contributed by atoms with Crippen molar-refractivity contribution in [2.45, 2.75) is 36.0 Å². The first-order chi connectivity index (χ1) is 14.1. The molecular weight excluding hydrogens is 402 g/mol. The number of hydrogen-bond donors (Lipinski definition) is 1. The second-order valence-electron chi connectivity index (χ2n) is 7.00. The number of aliphatic carboxylic acids is 1. The summed E-state index contributed by atoms with van der Waals surface area (Å²) in [6, 6.07) is 14.8. The third-order valence-electron chi connectivity index (χ3n) is 4.89. The third-order valence-corrected chi connectivity index (χ3v) is 6.93. The lowest BCUT2D eigenvalue weighted by Crippen LogP contribution is -2.25. The van der Waals surface area contributed by atoms with Gasteiger partial charge in [0.2, 0.25) is 0 Å². The van der Waals surface area contributed by atoms with E-state index in [4.69, 9.17) is 9.84 Å². The lowest BCUT2D eigenvalue weighted by Gasteiger charge is -2.28. The fraction of sp³-hybridized carbons (Fsp3) is 0.348.